The van der Waals surface area contributed by atoms with Gasteiger partial charge in [0.25, 0.3) is 0 Å². The molecule has 180 valence electrons. The summed E-state index contributed by atoms with van der Waals surface area (Å²) >= 11 is 4.12. The highest BCUT2D eigenvalue weighted by atomic mass is 32.2. The molecule has 0 aromatic carbocycles. The van der Waals surface area contributed by atoms with Crippen molar-refractivity contribution in [2.75, 3.05) is 18.6 Å². The summed E-state index contributed by atoms with van der Waals surface area (Å²) in [5, 5.41) is 22.9. The van der Waals surface area contributed by atoms with Gasteiger partial charge < -0.3 is 26.5 Å². The van der Waals surface area contributed by atoms with Gasteiger partial charge in [-0.2, -0.15) is 0 Å². The van der Waals surface area contributed by atoms with E-state index >= 15 is 0 Å². The van der Waals surface area contributed by atoms with Crippen LogP contribution in [-0.2, 0) is 19.2 Å². The van der Waals surface area contributed by atoms with Crippen LogP contribution in [0.15, 0.2) is 33.4 Å². The van der Waals surface area contributed by atoms with Gasteiger partial charge in [0.15, 0.2) is 5.13 Å². The number of amides is 1. The van der Waals surface area contributed by atoms with Crippen molar-refractivity contribution in [3.63, 3.8) is 0 Å². The first-order valence-corrected chi connectivity index (χ1v) is 12.3. The van der Waals surface area contributed by atoms with Crippen LogP contribution in [0.5, 0.6) is 0 Å². The Labute approximate surface area is 205 Å². The summed E-state index contributed by atoms with van der Waals surface area (Å²) in [5.41, 5.74) is 14.3. The van der Waals surface area contributed by atoms with E-state index in [1.807, 2.05) is 13.0 Å². The number of β-lactam (4-membered cyclic amide) rings is 1. The molecule has 0 bridgehead atoms. The summed E-state index contributed by atoms with van der Waals surface area (Å²) in [6, 6.07) is -0.598. The van der Waals surface area contributed by atoms with Crippen molar-refractivity contribution < 1.29 is 29.4 Å². The highest BCUT2D eigenvalue weighted by Crippen LogP contribution is 2.39. The van der Waals surface area contributed by atoms with Gasteiger partial charge in [0.1, 0.15) is 29.9 Å². The van der Waals surface area contributed by atoms with Crippen LogP contribution in [-0.4, -0.2) is 72.9 Å². The van der Waals surface area contributed by atoms with Crippen molar-refractivity contribution in [2.45, 2.75) is 18.3 Å². The number of nitrogens with zero attached hydrogens (tertiary/aromatic N) is 4. The molecule has 1 unspecified atom stereocenters. The number of carbonyl (C=O) groups is 3. The average Bonchev–Trinajstić information content (AvgIpc) is 3.42. The molecule has 0 spiro atoms. The monoisotopic (exact) mass is 524 g/mol. The minimum atomic E-state index is -1.20. The molecule has 12 nitrogen and oxygen atoms in total. The molecule has 4 rings (SSSR count). The molecule has 2 aromatic heterocycles. The van der Waals surface area contributed by atoms with Crippen molar-refractivity contribution in [1.29, 1.82) is 0 Å². The number of allylic oxidation sites excluding steroid dienone is 1. The van der Waals surface area contributed by atoms with E-state index in [1.165, 1.54) is 40.5 Å². The maximum Gasteiger partial charge on any atom is 0.360 e. The second kappa shape index (κ2) is 10.8. The fourth-order valence-corrected chi connectivity index (χ4v) is 5.51. The van der Waals surface area contributed by atoms with E-state index in [2.05, 4.69) is 20.0 Å². The Bertz CT molecular complexity index is 1200. The molecule has 2 atom stereocenters. The third-order valence-corrected chi connectivity index (χ3v) is 7.50. The van der Waals surface area contributed by atoms with Crippen molar-refractivity contribution in [3.8, 4) is 0 Å². The van der Waals surface area contributed by atoms with Gasteiger partial charge in [-0.25, -0.2) is 19.6 Å². The minimum absolute atomic E-state index is 0.0452. The third-order valence-electron chi connectivity index (χ3n) is 4.61. The first kappa shape index (κ1) is 25.4. The molecule has 1 fully saturated rings. The van der Waals surface area contributed by atoms with Crippen LogP contribution in [0.1, 0.15) is 16.3 Å². The second-order valence-electron chi connectivity index (χ2n) is 6.75. The van der Waals surface area contributed by atoms with Crippen LogP contribution in [0.4, 0.5) is 5.13 Å². The SMILES string of the molecule is CO/N=C(/C(=O)O)c1csc(N)n1.Cc1ncsc1/C=C/C1=C(C(=O)O)N2C(=O)C(N)[C@H]2SC1. The zero-order chi connectivity index (χ0) is 25.0. The molecule has 0 radical (unpaired) electrons. The van der Waals surface area contributed by atoms with E-state index < -0.39 is 18.0 Å². The minimum Gasteiger partial charge on any atom is -0.477 e. The first-order valence-electron chi connectivity index (χ1n) is 9.46. The molecule has 1 saturated heterocycles. The van der Waals surface area contributed by atoms with Gasteiger partial charge in [0.05, 0.1) is 11.2 Å². The molecular weight excluding hydrogens is 504 g/mol. The molecular formula is C19H20N6O6S3. The number of carboxylic acids is 2. The number of fused-ring (bicyclic) bond motifs is 1. The van der Waals surface area contributed by atoms with Gasteiger partial charge in [-0.15, -0.1) is 34.4 Å². The number of carbonyl (C=O) groups excluding carboxylic acids is 1. The summed E-state index contributed by atoms with van der Waals surface area (Å²) in [6.07, 6.45) is 3.60. The maximum atomic E-state index is 11.8. The summed E-state index contributed by atoms with van der Waals surface area (Å²) in [4.78, 5) is 48.4. The Kier molecular flexibility index (Phi) is 8.03. The molecule has 2 aromatic rings. The lowest BCUT2D eigenvalue weighted by Gasteiger charge is -2.47. The molecule has 2 aliphatic heterocycles. The summed E-state index contributed by atoms with van der Waals surface area (Å²) in [7, 11) is 1.26. The number of aromatic nitrogens is 2. The number of nitrogens with two attached hydrogens (primary N) is 2. The lowest BCUT2D eigenvalue weighted by Crippen LogP contribution is -2.68. The average molecular weight is 525 g/mol. The molecule has 6 N–H and O–H groups in total. The normalized spacial score (nSPS) is 19.9. The quantitative estimate of drug-likeness (QED) is 0.241. The number of oxime groups is 1. The van der Waals surface area contributed by atoms with Crippen LogP contribution in [0.3, 0.4) is 0 Å². The number of carboxylic acid groups (broad SMARTS) is 2. The number of aryl methyl sites for hydroxylation is 1. The zero-order valence-corrected chi connectivity index (χ0v) is 20.3. The Hall–Kier alpha value is -3.27. The Balaban J connectivity index is 0.000000215. The van der Waals surface area contributed by atoms with E-state index in [4.69, 9.17) is 16.6 Å². The highest BCUT2D eigenvalue weighted by Gasteiger charge is 2.51. The van der Waals surface area contributed by atoms with Gasteiger partial charge >= 0.3 is 11.9 Å². The molecule has 2 aliphatic rings. The predicted octanol–water partition coefficient (Wildman–Crippen LogP) is 1.21. The number of hydrogen-bond acceptors (Lipinski definition) is 12. The van der Waals surface area contributed by atoms with Crippen molar-refractivity contribution in [3.05, 3.63) is 44.5 Å². The summed E-state index contributed by atoms with van der Waals surface area (Å²) in [5.74, 6) is -2.10. The van der Waals surface area contributed by atoms with Crippen LogP contribution in [0.2, 0.25) is 0 Å². The van der Waals surface area contributed by atoms with Crippen molar-refractivity contribution >= 4 is 69.2 Å². The van der Waals surface area contributed by atoms with Gasteiger partial charge in [0.2, 0.25) is 11.6 Å². The Morgan fingerprint density at radius 2 is 2.06 bits per heavy atom. The largest absolute Gasteiger partial charge is 0.477 e. The van der Waals surface area contributed by atoms with Crippen LogP contribution < -0.4 is 11.5 Å². The van der Waals surface area contributed by atoms with Crippen molar-refractivity contribution in [2.24, 2.45) is 10.9 Å². The summed E-state index contributed by atoms with van der Waals surface area (Å²) < 4.78 is 0. The van der Waals surface area contributed by atoms with Crippen LogP contribution in [0, 0.1) is 6.92 Å². The molecule has 4 heterocycles. The fourth-order valence-electron chi connectivity index (χ4n) is 3.00. The smallest absolute Gasteiger partial charge is 0.360 e. The molecule has 15 heteroatoms. The van der Waals surface area contributed by atoms with Crippen molar-refractivity contribution in [1.82, 2.24) is 14.9 Å². The second-order valence-corrected chi connectivity index (χ2v) is 9.63. The molecule has 1 amide bonds. The topological polar surface area (TPSA) is 194 Å². The standard InChI is InChI=1S/C13H13N3O3S2.C6H7N3O3S/c1-6-8(21-5-15-6)3-2-7-4-20-12-9(14)11(17)16(12)10(7)13(18)19;1-12-9-4(5(10)11)3-2-13-6(7)8-3/h2-3,5,9,12H,4,14H2,1H3,(H,18,19);2H,1H3,(H2,7,8)(H,10,11)/b3-2+;9-4+/t9?,12-;/m1./s1. The van der Waals surface area contributed by atoms with Crippen LogP contribution >= 0.6 is 34.4 Å². The number of anilines is 1. The summed E-state index contributed by atoms with van der Waals surface area (Å²) in [6.45, 7) is 1.90. The maximum absolute atomic E-state index is 11.8. The fraction of sp³-hybridized carbons (Fsp3) is 0.263. The Morgan fingerprint density at radius 1 is 1.32 bits per heavy atom. The molecule has 0 aliphatic carbocycles. The van der Waals surface area contributed by atoms with Gasteiger partial charge in [-0.05, 0) is 18.6 Å². The molecule has 0 saturated carbocycles. The lowest BCUT2D eigenvalue weighted by atomic mass is 10.0. The number of nitrogen functional groups attached to an aromatic ring is 1. The van der Waals surface area contributed by atoms with E-state index in [9.17, 15) is 19.5 Å². The van der Waals surface area contributed by atoms with E-state index in [-0.39, 0.29) is 28.4 Å². The Morgan fingerprint density at radius 3 is 2.59 bits per heavy atom. The number of rotatable bonds is 6. The zero-order valence-electron chi connectivity index (χ0n) is 17.9. The third kappa shape index (κ3) is 5.27. The van der Waals surface area contributed by atoms with Gasteiger partial charge in [-0.3, -0.25) is 9.69 Å². The highest BCUT2D eigenvalue weighted by molar-refractivity contribution is 8.00. The van der Waals surface area contributed by atoms with Gasteiger partial charge in [-0.1, -0.05) is 11.2 Å². The van der Waals surface area contributed by atoms with Gasteiger partial charge in [0, 0.05) is 16.0 Å². The number of thioether (sulfide) groups is 1. The number of hydrogen-bond donors (Lipinski definition) is 4. The van der Waals surface area contributed by atoms with E-state index in [1.54, 1.807) is 11.6 Å². The lowest BCUT2D eigenvalue weighted by molar-refractivity contribution is -0.147. The number of thiazole rings is 2. The van der Waals surface area contributed by atoms with E-state index in [0.717, 1.165) is 21.9 Å². The first-order chi connectivity index (χ1) is 16.1. The van der Waals surface area contributed by atoms with Crippen LogP contribution in [0.25, 0.3) is 6.08 Å². The van der Waals surface area contributed by atoms with E-state index in [0.29, 0.717) is 16.5 Å². The molecule has 34 heavy (non-hydrogen) atoms. The number of aliphatic carboxylic acids is 2. The predicted molar refractivity (Wildman–Crippen MR) is 129 cm³/mol.